The van der Waals surface area contributed by atoms with Crippen LogP contribution in [0.1, 0.15) is 40.0 Å². The first-order valence-corrected chi connectivity index (χ1v) is 8.73. The summed E-state index contributed by atoms with van der Waals surface area (Å²) in [5, 5.41) is 21.5. The Bertz CT molecular complexity index is 596. The molecular formula is C18H26O6. The van der Waals surface area contributed by atoms with Crippen molar-refractivity contribution < 1.29 is 29.2 Å². The first-order chi connectivity index (χ1) is 11.3. The highest BCUT2D eigenvalue weighted by molar-refractivity contribution is 5.66. The predicted molar refractivity (Wildman–Crippen MR) is 84.1 cm³/mol. The Morgan fingerprint density at radius 3 is 2.79 bits per heavy atom. The maximum Gasteiger partial charge on any atom is 0.302 e. The molecule has 4 rings (SSSR count). The van der Waals surface area contributed by atoms with Crippen molar-refractivity contribution in [3.8, 4) is 0 Å². The summed E-state index contributed by atoms with van der Waals surface area (Å²) >= 11 is 0. The van der Waals surface area contributed by atoms with E-state index in [1.807, 2.05) is 6.92 Å². The molecule has 2 heterocycles. The summed E-state index contributed by atoms with van der Waals surface area (Å²) in [6.45, 7) is 6.13. The molecule has 1 spiro atoms. The summed E-state index contributed by atoms with van der Waals surface area (Å²) in [5.41, 5.74) is -0.666. The fourth-order valence-electron chi connectivity index (χ4n) is 5.45. The number of epoxide rings is 1. The summed E-state index contributed by atoms with van der Waals surface area (Å²) in [5.74, 6) is -0.337. The molecule has 6 heteroatoms. The molecule has 2 saturated heterocycles. The summed E-state index contributed by atoms with van der Waals surface area (Å²) < 4.78 is 17.6. The SMILES string of the molecule is CC(=O)OC[C@]12CCC(C)=C[C@H]1O[C@@H]1[C@H](O)C[C@@H](O)[C@@]2(C)[C@@]12CO2. The zero-order valence-corrected chi connectivity index (χ0v) is 14.4. The molecular weight excluding hydrogens is 312 g/mol. The standard InChI is InChI=1S/C18H26O6/c1-10-4-5-17(8-22-11(2)19)14(6-10)24-15-12(20)7-13(21)16(17,3)18(15)9-23-18/h6,12-15,20-21H,4-5,7-9H2,1-3H3/t12-,13-,14-,15-,16-,17-,18-/m1/s1. The molecule has 2 N–H and O–H groups in total. The molecule has 2 aliphatic carbocycles. The fraction of sp³-hybridized carbons (Fsp3) is 0.833. The second-order valence-corrected chi connectivity index (χ2v) is 8.13. The number of carbonyl (C=O) groups excluding carboxylic acids is 1. The van der Waals surface area contributed by atoms with Crippen molar-refractivity contribution in [3.05, 3.63) is 11.6 Å². The number of ether oxygens (including phenoxy) is 3. The summed E-state index contributed by atoms with van der Waals surface area (Å²) in [6, 6.07) is 0. The van der Waals surface area contributed by atoms with Crippen LogP contribution in [0.2, 0.25) is 0 Å². The van der Waals surface area contributed by atoms with E-state index in [0.717, 1.165) is 12.8 Å². The molecule has 0 radical (unpaired) electrons. The molecule has 0 aromatic carbocycles. The van der Waals surface area contributed by atoms with Crippen molar-refractivity contribution >= 4 is 5.97 Å². The molecule has 2 bridgehead atoms. The minimum atomic E-state index is -0.752. The second-order valence-electron chi connectivity index (χ2n) is 8.13. The average Bonchev–Trinajstić information content (AvgIpc) is 3.30. The van der Waals surface area contributed by atoms with Gasteiger partial charge < -0.3 is 24.4 Å². The van der Waals surface area contributed by atoms with Gasteiger partial charge in [-0.25, -0.2) is 0 Å². The fourth-order valence-corrected chi connectivity index (χ4v) is 5.45. The second kappa shape index (κ2) is 5.04. The number of rotatable bonds is 2. The number of allylic oxidation sites excluding steroid dienone is 1. The Balaban J connectivity index is 1.84. The Morgan fingerprint density at radius 1 is 1.46 bits per heavy atom. The van der Waals surface area contributed by atoms with Crippen molar-refractivity contribution in [1.29, 1.82) is 0 Å². The highest BCUT2D eigenvalue weighted by Crippen LogP contribution is 2.69. The number of hydrogen-bond acceptors (Lipinski definition) is 6. The summed E-state index contributed by atoms with van der Waals surface area (Å²) in [4.78, 5) is 11.5. The van der Waals surface area contributed by atoms with Crippen molar-refractivity contribution in [2.45, 2.75) is 70.1 Å². The third-order valence-corrected chi connectivity index (χ3v) is 7.08. The lowest BCUT2D eigenvalue weighted by Gasteiger charge is -2.65. The van der Waals surface area contributed by atoms with Gasteiger partial charge in [-0.2, -0.15) is 0 Å². The molecule has 3 fully saturated rings. The quantitative estimate of drug-likeness (QED) is 0.443. The lowest BCUT2D eigenvalue weighted by molar-refractivity contribution is -0.313. The maximum absolute atomic E-state index is 11.5. The molecule has 134 valence electrons. The molecule has 0 unspecified atom stereocenters. The normalized spacial score (nSPS) is 52.5. The number of esters is 1. The molecule has 6 nitrogen and oxygen atoms in total. The van der Waals surface area contributed by atoms with Gasteiger partial charge in [-0.15, -0.1) is 0 Å². The van der Waals surface area contributed by atoms with E-state index >= 15 is 0 Å². The number of aliphatic hydroxyl groups excluding tert-OH is 2. The molecule has 4 aliphatic rings. The van der Waals surface area contributed by atoms with Crippen molar-refractivity contribution in [2.24, 2.45) is 10.8 Å². The first-order valence-electron chi connectivity index (χ1n) is 8.73. The van der Waals surface area contributed by atoms with Crippen molar-refractivity contribution in [2.75, 3.05) is 13.2 Å². The van der Waals surface area contributed by atoms with E-state index < -0.39 is 34.7 Å². The van der Waals surface area contributed by atoms with Gasteiger partial charge in [-0.05, 0) is 19.8 Å². The number of hydrogen-bond donors (Lipinski definition) is 2. The van der Waals surface area contributed by atoms with Crippen LogP contribution in [0.3, 0.4) is 0 Å². The van der Waals surface area contributed by atoms with E-state index in [0.29, 0.717) is 6.61 Å². The lowest BCUT2D eigenvalue weighted by Crippen LogP contribution is -2.76. The monoisotopic (exact) mass is 338 g/mol. The number of aliphatic hydroxyl groups is 2. The Hall–Kier alpha value is -0.950. The zero-order chi connectivity index (χ0) is 17.3. The van der Waals surface area contributed by atoms with Gasteiger partial charge in [-0.3, -0.25) is 4.79 Å². The van der Waals surface area contributed by atoms with Gasteiger partial charge in [0.25, 0.3) is 0 Å². The van der Waals surface area contributed by atoms with Crippen LogP contribution < -0.4 is 0 Å². The lowest BCUT2D eigenvalue weighted by atomic mass is 9.45. The highest BCUT2D eigenvalue weighted by atomic mass is 16.6. The van der Waals surface area contributed by atoms with Crippen LogP contribution in [-0.4, -0.2) is 59.4 Å². The molecule has 0 aromatic heterocycles. The molecule has 0 aromatic rings. The molecule has 1 saturated carbocycles. The molecule has 0 amide bonds. The maximum atomic E-state index is 11.5. The average molecular weight is 338 g/mol. The van der Waals surface area contributed by atoms with Crippen molar-refractivity contribution in [1.82, 2.24) is 0 Å². The van der Waals surface area contributed by atoms with Crippen LogP contribution in [0.15, 0.2) is 11.6 Å². The van der Waals surface area contributed by atoms with Crippen LogP contribution in [0.5, 0.6) is 0 Å². The van der Waals surface area contributed by atoms with Gasteiger partial charge in [-0.1, -0.05) is 18.6 Å². The zero-order valence-electron chi connectivity index (χ0n) is 14.4. The number of carbonyl (C=O) groups is 1. The summed E-state index contributed by atoms with van der Waals surface area (Å²) in [7, 11) is 0. The highest BCUT2D eigenvalue weighted by Gasteiger charge is 2.81. The number of fused-ring (bicyclic) bond motifs is 2. The minimum absolute atomic E-state index is 0.193. The van der Waals surface area contributed by atoms with Gasteiger partial charge in [0.05, 0.1) is 24.9 Å². The minimum Gasteiger partial charge on any atom is -0.465 e. The summed E-state index contributed by atoms with van der Waals surface area (Å²) in [6.07, 6.45) is 1.70. The third-order valence-electron chi connectivity index (χ3n) is 7.08. The first kappa shape index (κ1) is 16.5. The van der Waals surface area contributed by atoms with Crippen LogP contribution in [0.4, 0.5) is 0 Å². The van der Waals surface area contributed by atoms with Crippen LogP contribution in [0, 0.1) is 10.8 Å². The largest absolute Gasteiger partial charge is 0.465 e. The smallest absolute Gasteiger partial charge is 0.302 e. The van der Waals surface area contributed by atoms with E-state index in [2.05, 4.69) is 13.0 Å². The Morgan fingerprint density at radius 2 is 2.17 bits per heavy atom. The van der Waals surface area contributed by atoms with Crippen molar-refractivity contribution in [3.63, 3.8) is 0 Å². The third kappa shape index (κ3) is 1.83. The predicted octanol–water partition coefficient (Wildman–Crippen LogP) is 0.944. The van der Waals surface area contributed by atoms with Crippen LogP contribution in [-0.2, 0) is 19.0 Å². The van der Waals surface area contributed by atoms with E-state index in [1.54, 1.807) is 0 Å². The van der Waals surface area contributed by atoms with Crippen LogP contribution >= 0.6 is 0 Å². The van der Waals surface area contributed by atoms with Gasteiger partial charge in [0.2, 0.25) is 0 Å². The van der Waals surface area contributed by atoms with E-state index in [9.17, 15) is 15.0 Å². The van der Waals surface area contributed by atoms with Gasteiger partial charge in [0.15, 0.2) is 0 Å². The topological polar surface area (TPSA) is 88.5 Å². The molecule has 7 atom stereocenters. The van der Waals surface area contributed by atoms with E-state index in [4.69, 9.17) is 14.2 Å². The molecule has 24 heavy (non-hydrogen) atoms. The van der Waals surface area contributed by atoms with E-state index in [1.165, 1.54) is 12.5 Å². The van der Waals surface area contributed by atoms with Gasteiger partial charge in [0, 0.05) is 24.2 Å². The Kier molecular flexibility index (Phi) is 3.46. The van der Waals surface area contributed by atoms with E-state index in [-0.39, 0.29) is 25.1 Å². The van der Waals surface area contributed by atoms with Crippen LogP contribution in [0.25, 0.3) is 0 Å². The van der Waals surface area contributed by atoms with Gasteiger partial charge >= 0.3 is 5.97 Å². The van der Waals surface area contributed by atoms with Gasteiger partial charge in [0.1, 0.15) is 18.3 Å². The Labute approximate surface area is 141 Å². The molecule has 2 aliphatic heterocycles.